The van der Waals surface area contributed by atoms with Gasteiger partial charge in [-0.05, 0) is 19.8 Å². The Morgan fingerprint density at radius 1 is 1.25 bits per heavy atom. The minimum atomic E-state index is 0.419. The van der Waals surface area contributed by atoms with E-state index in [2.05, 4.69) is 30.4 Å². The summed E-state index contributed by atoms with van der Waals surface area (Å²) in [7, 11) is 2.00. The number of alkyl halides is 1. The third kappa shape index (κ3) is 2.46. The summed E-state index contributed by atoms with van der Waals surface area (Å²) in [4.78, 5) is 4.79. The zero-order valence-corrected chi connectivity index (χ0v) is 13.9. The Labute approximate surface area is 126 Å². The van der Waals surface area contributed by atoms with Crippen molar-refractivity contribution in [3.63, 3.8) is 0 Å². The number of fused-ring (bicyclic) bond motifs is 1. The van der Waals surface area contributed by atoms with Crippen LogP contribution in [0.3, 0.4) is 0 Å². The zero-order valence-electron chi connectivity index (χ0n) is 13.1. The van der Waals surface area contributed by atoms with Crippen molar-refractivity contribution < 1.29 is 0 Å². The predicted octanol–water partition coefficient (Wildman–Crippen LogP) is 3.86. The van der Waals surface area contributed by atoms with Crippen LogP contribution in [-0.2, 0) is 13.5 Å². The van der Waals surface area contributed by atoms with Crippen molar-refractivity contribution in [3.8, 4) is 0 Å². The van der Waals surface area contributed by atoms with Crippen LogP contribution in [0.5, 0.6) is 0 Å². The summed E-state index contributed by atoms with van der Waals surface area (Å²) in [6, 6.07) is 0.419. The molecular weight excluding hydrogens is 272 g/mol. The van der Waals surface area contributed by atoms with Crippen LogP contribution in [0.15, 0.2) is 0 Å². The van der Waals surface area contributed by atoms with Gasteiger partial charge in [-0.1, -0.05) is 26.7 Å². The second kappa shape index (κ2) is 6.17. The van der Waals surface area contributed by atoms with E-state index in [-0.39, 0.29) is 0 Å². The maximum Gasteiger partial charge on any atom is 0.158 e. The van der Waals surface area contributed by atoms with Crippen LogP contribution in [0, 0.1) is 12.8 Å². The van der Waals surface area contributed by atoms with Crippen molar-refractivity contribution in [2.24, 2.45) is 13.0 Å². The van der Waals surface area contributed by atoms with Gasteiger partial charge in [0.05, 0.1) is 5.69 Å². The third-order valence-electron chi connectivity index (χ3n) is 4.36. The van der Waals surface area contributed by atoms with Gasteiger partial charge in [0.2, 0.25) is 0 Å². The maximum absolute atomic E-state index is 5.96. The molecule has 0 saturated heterocycles. The first-order valence-electron chi connectivity index (χ1n) is 7.51. The summed E-state index contributed by atoms with van der Waals surface area (Å²) < 4.78 is 4.31. The molecule has 5 heteroatoms. The van der Waals surface area contributed by atoms with Crippen molar-refractivity contribution >= 4 is 22.8 Å². The Hall–Kier alpha value is -1.03. The normalized spacial score (nSPS) is 13.6. The van der Waals surface area contributed by atoms with E-state index in [4.69, 9.17) is 16.6 Å². The van der Waals surface area contributed by atoms with Crippen LogP contribution < -0.4 is 0 Å². The van der Waals surface area contributed by atoms with Crippen molar-refractivity contribution in [1.29, 1.82) is 0 Å². The minimum Gasteiger partial charge on any atom is -0.310 e. The second-order valence-electron chi connectivity index (χ2n) is 5.54. The van der Waals surface area contributed by atoms with E-state index in [1.807, 2.05) is 18.7 Å². The first kappa shape index (κ1) is 15.4. The summed E-state index contributed by atoms with van der Waals surface area (Å²) in [5.74, 6) is 2.34. The maximum atomic E-state index is 5.96. The molecule has 0 N–H and O–H groups in total. The number of hydrogen-bond donors (Lipinski definition) is 0. The molecule has 0 spiro atoms. The predicted molar refractivity (Wildman–Crippen MR) is 84.4 cm³/mol. The van der Waals surface area contributed by atoms with Gasteiger partial charge >= 0.3 is 0 Å². The smallest absolute Gasteiger partial charge is 0.158 e. The minimum absolute atomic E-state index is 0.419. The van der Waals surface area contributed by atoms with E-state index in [1.54, 1.807) is 0 Å². The number of aryl methyl sites for hydroxylation is 3. The van der Waals surface area contributed by atoms with Crippen molar-refractivity contribution in [2.45, 2.75) is 53.0 Å². The summed E-state index contributed by atoms with van der Waals surface area (Å²) in [6.45, 7) is 8.83. The van der Waals surface area contributed by atoms with Crippen molar-refractivity contribution in [3.05, 3.63) is 11.5 Å². The van der Waals surface area contributed by atoms with E-state index < -0.39 is 0 Å². The summed E-state index contributed by atoms with van der Waals surface area (Å²) in [5, 5.41) is 4.51. The Bertz CT molecular complexity index is 580. The lowest BCUT2D eigenvalue weighted by molar-refractivity contribution is 0.330. The first-order valence-corrected chi connectivity index (χ1v) is 8.04. The van der Waals surface area contributed by atoms with Crippen LogP contribution in [0.1, 0.15) is 51.2 Å². The van der Waals surface area contributed by atoms with Gasteiger partial charge in [0.25, 0.3) is 0 Å². The van der Waals surface area contributed by atoms with E-state index in [0.29, 0.717) is 17.8 Å². The lowest BCUT2D eigenvalue weighted by atomic mass is 9.95. The Morgan fingerprint density at radius 3 is 2.45 bits per heavy atom. The monoisotopic (exact) mass is 296 g/mol. The van der Waals surface area contributed by atoms with Crippen molar-refractivity contribution in [2.75, 3.05) is 5.88 Å². The molecule has 0 saturated carbocycles. The number of nitrogens with zero attached hydrogens (tertiary/aromatic N) is 4. The van der Waals surface area contributed by atoms with Crippen LogP contribution in [0.2, 0.25) is 0 Å². The molecule has 1 atom stereocenters. The molecule has 0 aromatic carbocycles. The first-order chi connectivity index (χ1) is 9.54. The Balaban J connectivity index is 2.61. The fraction of sp³-hybridized carbons (Fsp3) is 0.733. The third-order valence-corrected chi connectivity index (χ3v) is 4.55. The quantitative estimate of drug-likeness (QED) is 0.759. The highest BCUT2D eigenvalue weighted by Gasteiger charge is 2.24. The molecule has 2 heterocycles. The molecule has 0 aliphatic heterocycles. The molecule has 0 fully saturated rings. The molecule has 4 nitrogen and oxygen atoms in total. The fourth-order valence-electron chi connectivity index (χ4n) is 3.21. The largest absolute Gasteiger partial charge is 0.310 e. The van der Waals surface area contributed by atoms with Crippen LogP contribution >= 0.6 is 11.6 Å². The molecule has 0 bridgehead atoms. The average molecular weight is 297 g/mol. The molecule has 0 amide bonds. The molecule has 0 aliphatic rings. The average Bonchev–Trinajstić information content (AvgIpc) is 2.91. The van der Waals surface area contributed by atoms with Gasteiger partial charge in [-0.15, -0.1) is 11.6 Å². The van der Waals surface area contributed by atoms with Gasteiger partial charge in [-0.25, -0.2) is 4.98 Å². The molecular formula is C15H25ClN4. The highest BCUT2D eigenvalue weighted by Crippen LogP contribution is 2.30. The molecule has 2 rings (SSSR count). The molecule has 20 heavy (non-hydrogen) atoms. The molecule has 1 unspecified atom stereocenters. The van der Waals surface area contributed by atoms with E-state index in [1.165, 1.54) is 12.8 Å². The topological polar surface area (TPSA) is 35.6 Å². The van der Waals surface area contributed by atoms with E-state index >= 15 is 0 Å². The van der Waals surface area contributed by atoms with Gasteiger partial charge in [0.1, 0.15) is 11.3 Å². The van der Waals surface area contributed by atoms with Crippen LogP contribution in [0.25, 0.3) is 11.2 Å². The van der Waals surface area contributed by atoms with Crippen LogP contribution in [0.4, 0.5) is 0 Å². The highest BCUT2D eigenvalue weighted by atomic mass is 35.5. The van der Waals surface area contributed by atoms with Gasteiger partial charge in [0.15, 0.2) is 5.65 Å². The number of aromatic nitrogens is 4. The van der Waals surface area contributed by atoms with E-state index in [0.717, 1.165) is 29.1 Å². The Kier molecular flexibility index (Phi) is 4.74. The van der Waals surface area contributed by atoms with E-state index in [9.17, 15) is 0 Å². The highest BCUT2D eigenvalue weighted by molar-refractivity contribution is 6.17. The summed E-state index contributed by atoms with van der Waals surface area (Å²) in [6.07, 6.45) is 3.16. The molecule has 0 radical (unpaired) electrons. The van der Waals surface area contributed by atoms with Gasteiger partial charge < -0.3 is 4.57 Å². The number of rotatable bonds is 6. The molecule has 2 aromatic rings. The lowest BCUT2D eigenvalue weighted by Gasteiger charge is -2.25. The standard InChI is InChI=1S/C15H25ClN4/c1-6-12(7-2)11(4)20-13(8-9-16)17-14-10(3)18-19(5)15(14)20/h11-12H,6-9H2,1-5H3. The molecule has 112 valence electrons. The molecule has 2 aromatic heterocycles. The summed E-state index contributed by atoms with van der Waals surface area (Å²) in [5.41, 5.74) is 3.14. The van der Waals surface area contributed by atoms with Crippen molar-refractivity contribution in [1.82, 2.24) is 19.3 Å². The number of halogens is 1. The van der Waals surface area contributed by atoms with Crippen LogP contribution in [-0.4, -0.2) is 25.2 Å². The fourth-order valence-corrected chi connectivity index (χ4v) is 3.38. The molecule has 0 aliphatic carbocycles. The lowest BCUT2D eigenvalue weighted by Crippen LogP contribution is -2.19. The zero-order chi connectivity index (χ0) is 14.9. The SMILES string of the molecule is CCC(CC)C(C)n1c(CCCl)nc2c(C)nn(C)c21. The summed E-state index contributed by atoms with van der Waals surface area (Å²) >= 11 is 5.96. The van der Waals surface area contributed by atoms with Gasteiger partial charge in [-0.3, -0.25) is 4.68 Å². The second-order valence-corrected chi connectivity index (χ2v) is 5.91. The number of hydrogen-bond acceptors (Lipinski definition) is 2. The Morgan fingerprint density at radius 2 is 1.90 bits per heavy atom. The number of imidazole rings is 1. The van der Waals surface area contributed by atoms with Gasteiger partial charge in [0, 0.05) is 25.4 Å². The van der Waals surface area contributed by atoms with Gasteiger partial charge in [-0.2, -0.15) is 5.10 Å².